The number of sulfonamides is 2. The molecule has 0 bridgehead atoms. The normalized spacial score (nSPS) is 15.3. The first-order chi connectivity index (χ1) is 15.0. The lowest BCUT2D eigenvalue weighted by Crippen LogP contribution is -2.40. The number of carbonyl (C=O) groups is 1. The molecule has 0 radical (unpaired) electrons. The van der Waals surface area contributed by atoms with Crippen LogP contribution in [-0.4, -0.2) is 66.2 Å². The summed E-state index contributed by atoms with van der Waals surface area (Å²) in [6, 6.07) is 10.3. The molecule has 32 heavy (non-hydrogen) atoms. The van der Waals surface area contributed by atoms with Crippen molar-refractivity contribution in [2.75, 3.05) is 48.7 Å². The van der Waals surface area contributed by atoms with Crippen LogP contribution in [0.15, 0.2) is 47.4 Å². The molecule has 1 aliphatic heterocycles. The van der Waals surface area contributed by atoms with Gasteiger partial charge in [0.1, 0.15) is 6.54 Å². The summed E-state index contributed by atoms with van der Waals surface area (Å²) in [6.45, 7) is 2.44. The highest BCUT2D eigenvalue weighted by Gasteiger charge is 2.27. The number of nitrogens with one attached hydrogen (secondary N) is 1. The highest BCUT2D eigenvalue weighted by molar-refractivity contribution is 7.92. The van der Waals surface area contributed by atoms with Crippen LogP contribution < -0.4 is 9.62 Å². The van der Waals surface area contributed by atoms with Gasteiger partial charge in [0.2, 0.25) is 26.0 Å². The van der Waals surface area contributed by atoms with Gasteiger partial charge in [-0.05, 0) is 55.0 Å². The second-order valence-corrected chi connectivity index (χ2v) is 11.6. The summed E-state index contributed by atoms with van der Waals surface area (Å²) in [4.78, 5) is 12.6. The first kappa shape index (κ1) is 24.5. The number of ether oxygens (including phenoxy) is 1. The van der Waals surface area contributed by atoms with Gasteiger partial charge in [-0.2, -0.15) is 4.31 Å². The Hall–Kier alpha value is -2.18. The molecule has 3 rings (SSSR count). The van der Waals surface area contributed by atoms with Gasteiger partial charge >= 0.3 is 0 Å². The highest BCUT2D eigenvalue weighted by atomic mass is 35.5. The number of halogens is 1. The van der Waals surface area contributed by atoms with Crippen LogP contribution in [0.1, 0.15) is 5.56 Å². The van der Waals surface area contributed by atoms with Gasteiger partial charge in [-0.25, -0.2) is 16.8 Å². The van der Waals surface area contributed by atoms with Gasteiger partial charge in [0, 0.05) is 23.8 Å². The van der Waals surface area contributed by atoms with Crippen LogP contribution in [0.5, 0.6) is 0 Å². The Labute approximate surface area is 193 Å². The van der Waals surface area contributed by atoms with Crippen LogP contribution in [0.25, 0.3) is 0 Å². The van der Waals surface area contributed by atoms with E-state index in [0.717, 1.165) is 16.1 Å². The van der Waals surface area contributed by atoms with Crippen LogP contribution in [-0.2, 0) is 29.6 Å². The smallest absolute Gasteiger partial charge is 0.245 e. The van der Waals surface area contributed by atoms with Gasteiger partial charge in [-0.15, -0.1) is 0 Å². The maximum atomic E-state index is 12.8. The van der Waals surface area contributed by atoms with Crippen LogP contribution >= 0.6 is 11.6 Å². The molecule has 0 spiro atoms. The van der Waals surface area contributed by atoms with Gasteiger partial charge in [0.15, 0.2) is 0 Å². The van der Waals surface area contributed by atoms with Crippen LogP contribution in [0, 0.1) is 6.92 Å². The molecule has 1 saturated heterocycles. The number of amides is 1. The summed E-state index contributed by atoms with van der Waals surface area (Å²) in [5, 5.41) is 3.19. The van der Waals surface area contributed by atoms with E-state index in [2.05, 4.69) is 5.32 Å². The number of nitrogens with zero attached hydrogens (tertiary/aromatic N) is 2. The molecule has 0 saturated carbocycles. The van der Waals surface area contributed by atoms with E-state index >= 15 is 0 Å². The van der Waals surface area contributed by atoms with Gasteiger partial charge in [-0.3, -0.25) is 9.10 Å². The Morgan fingerprint density at radius 2 is 1.72 bits per heavy atom. The number of anilines is 2. The van der Waals surface area contributed by atoms with Gasteiger partial charge in [0.05, 0.1) is 30.1 Å². The molecular formula is C20H24ClN3O6S2. The first-order valence-electron chi connectivity index (χ1n) is 9.70. The molecule has 174 valence electrons. The number of morpholine rings is 1. The third-order valence-corrected chi connectivity index (χ3v) is 8.17. The molecule has 2 aromatic carbocycles. The van der Waals surface area contributed by atoms with Crippen LogP contribution in [0.3, 0.4) is 0 Å². The monoisotopic (exact) mass is 501 g/mol. The van der Waals surface area contributed by atoms with Crippen molar-refractivity contribution in [2.24, 2.45) is 0 Å². The number of rotatable bonds is 7. The third-order valence-electron chi connectivity index (χ3n) is 4.88. The Balaban J connectivity index is 1.79. The van der Waals surface area contributed by atoms with E-state index in [1.807, 2.05) is 0 Å². The summed E-state index contributed by atoms with van der Waals surface area (Å²) in [5.41, 5.74) is 1.42. The Morgan fingerprint density at radius 1 is 1.09 bits per heavy atom. The number of benzene rings is 2. The predicted molar refractivity (Wildman–Crippen MR) is 123 cm³/mol. The minimum atomic E-state index is -3.82. The van der Waals surface area contributed by atoms with E-state index < -0.39 is 32.5 Å². The highest BCUT2D eigenvalue weighted by Crippen LogP contribution is 2.24. The van der Waals surface area contributed by atoms with Gasteiger partial charge in [-0.1, -0.05) is 11.6 Å². The minimum absolute atomic E-state index is 0.0397. The van der Waals surface area contributed by atoms with Crippen LogP contribution in [0.2, 0.25) is 5.02 Å². The van der Waals surface area contributed by atoms with Crippen molar-refractivity contribution < 1.29 is 26.4 Å². The minimum Gasteiger partial charge on any atom is -0.379 e. The maximum absolute atomic E-state index is 12.8. The summed E-state index contributed by atoms with van der Waals surface area (Å²) in [7, 11) is -7.53. The van der Waals surface area contributed by atoms with Crippen LogP contribution in [0.4, 0.5) is 11.4 Å². The number of aryl methyl sites for hydroxylation is 1. The Kier molecular flexibility index (Phi) is 7.46. The molecule has 1 N–H and O–H groups in total. The topological polar surface area (TPSA) is 113 Å². The van der Waals surface area contributed by atoms with E-state index in [1.165, 1.54) is 28.6 Å². The summed E-state index contributed by atoms with van der Waals surface area (Å²) >= 11 is 5.92. The number of hydrogen-bond donors (Lipinski definition) is 1. The first-order valence-corrected chi connectivity index (χ1v) is 13.4. The predicted octanol–water partition coefficient (Wildman–Crippen LogP) is 2.07. The van der Waals surface area contributed by atoms with Crippen molar-refractivity contribution >= 4 is 48.9 Å². The van der Waals surface area contributed by atoms with Gasteiger partial charge < -0.3 is 10.1 Å². The molecule has 9 nitrogen and oxygen atoms in total. The number of carbonyl (C=O) groups excluding carboxylic acids is 1. The van der Waals surface area contributed by atoms with Crippen molar-refractivity contribution in [3.8, 4) is 0 Å². The SMILES string of the molecule is Cc1cc(Cl)ccc1NC(=O)CN(c1ccc(S(=O)(=O)N2CCOCC2)cc1)S(C)(=O)=O. The second kappa shape index (κ2) is 9.75. The Bertz CT molecular complexity index is 1190. The lowest BCUT2D eigenvalue weighted by Gasteiger charge is -2.26. The quantitative estimate of drug-likeness (QED) is 0.621. The zero-order valence-corrected chi connectivity index (χ0v) is 20.0. The van der Waals surface area contributed by atoms with E-state index in [9.17, 15) is 21.6 Å². The molecule has 1 heterocycles. The zero-order chi connectivity index (χ0) is 23.5. The van der Waals surface area contributed by atoms with E-state index in [-0.39, 0.29) is 23.7 Å². The lowest BCUT2D eigenvalue weighted by molar-refractivity contribution is -0.114. The molecule has 0 unspecified atom stereocenters. The van der Waals surface area contributed by atoms with Gasteiger partial charge in [0.25, 0.3) is 0 Å². The molecule has 2 aromatic rings. The standard InChI is InChI=1S/C20H24ClN3O6S2/c1-15-13-16(21)3-8-19(15)22-20(25)14-24(31(2,26)27)17-4-6-18(7-5-17)32(28,29)23-9-11-30-12-10-23/h3-8,13H,9-12,14H2,1-2H3,(H,22,25). The molecular weight excluding hydrogens is 478 g/mol. The zero-order valence-electron chi connectivity index (χ0n) is 17.6. The van der Waals surface area contributed by atoms with E-state index in [4.69, 9.17) is 16.3 Å². The molecule has 12 heteroatoms. The second-order valence-electron chi connectivity index (χ2n) is 7.29. The lowest BCUT2D eigenvalue weighted by atomic mass is 10.2. The average Bonchev–Trinajstić information content (AvgIpc) is 2.74. The number of hydrogen-bond acceptors (Lipinski definition) is 6. The van der Waals surface area contributed by atoms with Crippen molar-refractivity contribution in [1.82, 2.24) is 4.31 Å². The van der Waals surface area contributed by atoms with Crippen molar-refractivity contribution in [3.05, 3.63) is 53.1 Å². The molecule has 0 atom stereocenters. The largest absolute Gasteiger partial charge is 0.379 e. The summed E-state index contributed by atoms with van der Waals surface area (Å²) in [6.07, 6.45) is 0.978. The fraction of sp³-hybridized carbons (Fsp3) is 0.350. The third kappa shape index (κ3) is 5.78. The van der Waals surface area contributed by atoms with Crippen molar-refractivity contribution in [1.29, 1.82) is 0 Å². The molecule has 0 aliphatic carbocycles. The van der Waals surface area contributed by atoms with Crippen molar-refractivity contribution in [3.63, 3.8) is 0 Å². The van der Waals surface area contributed by atoms with E-state index in [1.54, 1.807) is 25.1 Å². The maximum Gasteiger partial charge on any atom is 0.245 e. The molecule has 1 fully saturated rings. The summed E-state index contributed by atoms with van der Waals surface area (Å²) < 4.78 is 57.7. The molecule has 1 amide bonds. The molecule has 1 aliphatic rings. The van der Waals surface area contributed by atoms with Crippen molar-refractivity contribution in [2.45, 2.75) is 11.8 Å². The summed E-state index contributed by atoms with van der Waals surface area (Å²) in [5.74, 6) is -0.550. The fourth-order valence-electron chi connectivity index (χ4n) is 3.21. The Morgan fingerprint density at radius 3 is 2.28 bits per heavy atom. The fourth-order valence-corrected chi connectivity index (χ4v) is 5.70. The average molecular weight is 502 g/mol. The van der Waals surface area contributed by atoms with E-state index in [0.29, 0.717) is 23.9 Å². The molecule has 0 aromatic heterocycles.